The summed E-state index contributed by atoms with van der Waals surface area (Å²) in [5, 5.41) is 2.70. The highest BCUT2D eigenvalue weighted by atomic mass is 16.5. The molecule has 7 heteroatoms. The number of aromatic nitrogens is 1. The molecule has 134 valence electrons. The van der Waals surface area contributed by atoms with Gasteiger partial charge in [-0.05, 0) is 18.9 Å². The number of amides is 2. The lowest BCUT2D eigenvalue weighted by Crippen LogP contribution is -2.52. The minimum Gasteiger partial charge on any atom is -0.466 e. The molecule has 2 amide bonds. The lowest BCUT2D eigenvalue weighted by atomic mass is 9.94. The second kappa shape index (κ2) is 7.00. The third kappa shape index (κ3) is 3.46. The van der Waals surface area contributed by atoms with Crippen LogP contribution in [0.3, 0.4) is 0 Å². The van der Waals surface area contributed by atoms with E-state index in [1.807, 2.05) is 4.90 Å². The Hall–Kier alpha value is -2.15. The molecule has 3 aliphatic rings. The van der Waals surface area contributed by atoms with Crippen LogP contribution in [0.25, 0.3) is 0 Å². The molecule has 1 aromatic heterocycles. The molecule has 7 nitrogen and oxygen atoms in total. The first-order chi connectivity index (χ1) is 12.2. The molecule has 2 aliphatic heterocycles. The summed E-state index contributed by atoms with van der Waals surface area (Å²) in [5.41, 5.74) is 0.971. The van der Waals surface area contributed by atoms with E-state index in [2.05, 4.69) is 15.2 Å². The van der Waals surface area contributed by atoms with Crippen molar-refractivity contribution in [3.8, 4) is 5.88 Å². The smallest absolute Gasteiger partial charge is 0.262 e. The fraction of sp³-hybridized carbons (Fsp3) is 0.611. The van der Waals surface area contributed by atoms with Crippen molar-refractivity contribution in [1.29, 1.82) is 0 Å². The van der Waals surface area contributed by atoms with Crippen LogP contribution in [0, 0.1) is 0 Å². The Labute approximate surface area is 147 Å². The Kier molecular flexibility index (Phi) is 4.57. The van der Waals surface area contributed by atoms with E-state index in [-0.39, 0.29) is 18.4 Å². The fourth-order valence-corrected chi connectivity index (χ4v) is 4.01. The molecule has 2 fully saturated rings. The Morgan fingerprint density at radius 1 is 1.16 bits per heavy atom. The SMILES string of the molecule is O=C1COc2ncc(C(=O)N3CCN(C4CCCCC4)CC3)cc2N1. The number of ether oxygens (including phenoxy) is 1. The molecule has 1 N–H and O–H groups in total. The largest absolute Gasteiger partial charge is 0.466 e. The van der Waals surface area contributed by atoms with Gasteiger partial charge in [-0.3, -0.25) is 14.5 Å². The molecule has 4 rings (SSSR count). The third-order valence-corrected chi connectivity index (χ3v) is 5.40. The van der Waals surface area contributed by atoms with Crippen LogP contribution in [0.4, 0.5) is 5.69 Å². The monoisotopic (exact) mass is 344 g/mol. The molecule has 0 atom stereocenters. The number of rotatable bonds is 2. The predicted octanol–water partition coefficient (Wildman–Crippen LogP) is 1.50. The fourth-order valence-electron chi connectivity index (χ4n) is 4.01. The molecule has 1 aromatic rings. The normalized spacial score (nSPS) is 22.1. The molecule has 1 saturated heterocycles. The van der Waals surface area contributed by atoms with E-state index in [4.69, 9.17) is 4.74 Å². The number of carbonyl (C=O) groups is 2. The summed E-state index contributed by atoms with van der Waals surface area (Å²) in [6.45, 7) is 3.34. The molecule has 0 radical (unpaired) electrons. The number of carbonyl (C=O) groups excluding carboxylic acids is 2. The van der Waals surface area contributed by atoms with Crippen molar-refractivity contribution in [2.24, 2.45) is 0 Å². The summed E-state index contributed by atoms with van der Waals surface area (Å²) in [4.78, 5) is 32.8. The average Bonchev–Trinajstić information content (AvgIpc) is 2.67. The molecule has 0 bridgehead atoms. The summed E-state index contributed by atoms with van der Waals surface area (Å²) in [6.07, 6.45) is 8.15. The van der Waals surface area contributed by atoms with E-state index in [9.17, 15) is 9.59 Å². The lowest BCUT2D eigenvalue weighted by Gasteiger charge is -2.40. The van der Waals surface area contributed by atoms with Crippen molar-refractivity contribution in [2.45, 2.75) is 38.1 Å². The van der Waals surface area contributed by atoms with E-state index >= 15 is 0 Å². The zero-order chi connectivity index (χ0) is 17.2. The molecule has 3 heterocycles. The quantitative estimate of drug-likeness (QED) is 0.880. The molecular weight excluding hydrogens is 320 g/mol. The van der Waals surface area contributed by atoms with Gasteiger partial charge in [0, 0.05) is 38.4 Å². The van der Waals surface area contributed by atoms with Gasteiger partial charge in [-0.1, -0.05) is 19.3 Å². The van der Waals surface area contributed by atoms with Gasteiger partial charge in [0.2, 0.25) is 5.88 Å². The number of piperazine rings is 1. The maximum Gasteiger partial charge on any atom is 0.262 e. The number of fused-ring (bicyclic) bond motifs is 1. The number of hydrogen-bond acceptors (Lipinski definition) is 5. The summed E-state index contributed by atoms with van der Waals surface area (Å²) < 4.78 is 5.24. The van der Waals surface area contributed by atoms with Crippen LogP contribution in [-0.4, -0.2) is 65.4 Å². The summed E-state index contributed by atoms with van der Waals surface area (Å²) in [6, 6.07) is 2.36. The third-order valence-electron chi connectivity index (χ3n) is 5.40. The molecule has 0 unspecified atom stereocenters. The summed E-state index contributed by atoms with van der Waals surface area (Å²) in [5.74, 6) is 0.122. The number of hydrogen-bond donors (Lipinski definition) is 1. The van der Waals surface area contributed by atoms with Gasteiger partial charge >= 0.3 is 0 Å². The van der Waals surface area contributed by atoms with Crippen molar-refractivity contribution in [2.75, 3.05) is 38.1 Å². The van der Waals surface area contributed by atoms with Crippen LogP contribution in [0.1, 0.15) is 42.5 Å². The van der Waals surface area contributed by atoms with Gasteiger partial charge in [-0.25, -0.2) is 4.98 Å². The topological polar surface area (TPSA) is 74.8 Å². The zero-order valence-corrected chi connectivity index (χ0v) is 14.4. The molecule has 25 heavy (non-hydrogen) atoms. The van der Waals surface area contributed by atoms with Gasteiger partial charge in [0.1, 0.15) is 5.69 Å². The Morgan fingerprint density at radius 2 is 1.92 bits per heavy atom. The minimum absolute atomic E-state index is 0.0292. The van der Waals surface area contributed by atoms with Crippen LogP contribution in [0.5, 0.6) is 5.88 Å². The van der Waals surface area contributed by atoms with E-state index in [1.54, 1.807) is 6.07 Å². The van der Waals surface area contributed by atoms with Crippen molar-refractivity contribution in [3.63, 3.8) is 0 Å². The second-order valence-electron chi connectivity index (χ2n) is 7.03. The van der Waals surface area contributed by atoms with Crippen LogP contribution in [0.15, 0.2) is 12.3 Å². The van der Waals surface area contributed by atoms with Crippen LogP contribution < -0.4 is 10.1 Å². The van der Waals surface area contributed by atoms with Crippen molar-refractivity contribution >= 4 is 17.5 Å². The van der Waals surface area contributed by atoms with Gasteiger partial charge in [-0.15, -0.1) is 0 Å². The van der Waals surface area contributed by atoms with Crippen molar-refractivity contribution < 1.29 is 14.3 Å². The predicted molar refractivity (Wildman–Crippen MR) is 92.7 cm³/mol. The lowest BCUT2D eigenvalue weighted by molar-refractivity contribution is -0.118. The van der Waals surface area contributed by atoms with E-state index in [0.717, 1.165) is 26.2 Å². The van der Waals surface area contributed by atoms with Gasteiger partial charge < -0.3 is 15.0 Å². The Bertz CT molecular complexity index is 664. The Balaban J connectivity index is 1.39. The average molecular weight is 344 g/mol. The first kappa shape index (κ1) is 16.3. The zero-order valence-electron chi connectivity index (χ0n) is 14.4. The van der Waals surface area contributed by atoms with Crippen LogP contribution >= 0.6 is 0 Å². The van der Waals surface area contributed by atoms with Crippen molar-refractivity contribution in [3.05, 3.63) is 17.8 Å². The first-order valence-electron chi connectivity index (χ1n) is 9.17. The van der Waals surface area contributed by atoms with Crippen LogP contribution in [-0.2, 0) is 4.79 Å². The van der Waals surface area contributed by atoms with E-state index in [1.165, 1.54) is 38.3 Å². The van der Waals surface area contributed by atoms with Crippen molar-refractivity contribution in [1.82, 2.24) is 14.8 Å². The molecular formula is C18H24N4O3. The number of pyridine rings is 1. The second-order valence-corrected chi connectivity index (χ2v) is 7.03. The molecule has 1 saturated carbocycles. The van der Waals surface area contributed by atoms with Gasteiger partial charge in [-0.2, -0.15) is 0 Å². The number of nitrogens with zero attached hydrogens (tertiary/aromatic N) is 3. The van der Waals surface area contributed by atoms with Gasteiger partial charge in [0.25, 0.3) is 11.8 Å². The number of nitrogens with one attached hydrogen (secondary N) is 1. The molecule has 0 aromatic carbocycles. The molecule has 1 aliphatic carbocycles. The van der Waals surface area contributed by atoms with Crippen LogP contribution in [0.2, 0.25) is 0 Å². The summed E-state index contributed by atoms with van der Waals surface area (Å²) in [7, 11) is 0. The minimum atomic E-state index is -0.222. The molecule has 0 spiro atoms. The summed E-state index contributed by atoms with van der Waals surface area (Å²) >= 11 is 0. The highest BCUT2D eigenvalue weighted by molar-refractivity contribution is 5.99. The maximum atomic E-state index is 12.8. The standard InChI is InChI=1S/C18H24N4O3/c23-16-12-25-17-15(20-16)10-13(11-19-17)18(24)22-8-6-21(7-9-22)14-4-2-1-3-5-14/h10-11,14H,1-9,12H2,(H,20,23). The first-order valence-corrected chi connectivity index (χ1v) is 9.17. The van der Waals surface area contributed by atoms with Gasteiger partial charge in [0.05, 0.1) is 5.56 Å². The highest BCUT2D eigenvalue weighted by Crippen LogP contribution is 2.27. The van der Waals surface area contributed by atoms with Gasteiger partial charge in [0.15, 0.2) is 6.61 Å². The van der Waals surface area contributed by atoms with E-state index < -0.39 is 0 Å². The number of anilines is 1. The maximum absolute atomic E-state index is 12.8. The Morgan fingerprint density at radius 3 is 2.68 bits per heavy atom. The highest BCUT2D eigenvalue weighted by Gasteiger charge is 2.28. The van der Waals surface area contributed by atoms with E-state index in [0.29, 0.717) is 23.2 Å².